The van der Waals surface area contributed by atoms with Crippen LogP contribution in [-0.4, -0.2) is 36.5 Å². The summed E-state index contributed by atoms with van der Waals surface area (Å²) in [6.07, 6.45) is 2.18. The zero-order valence-corrected chi connectivity index (χ0v) is 13.6. The summed E-state index contributed by atoms with van der Waals surface area (Å²) in [7, 11) is 0. The van der Waals surface area contributed by atoms with Gasteiger partial charge in [-0.05, 0) is 25.0 Å². The molecule has 6 heteroatoms. The van der Waals surface area contributed by atoms with Crippen LogP contribution in [0.25, 0.3) is 0 Å². The molecule has 0 spiro atoms. The molecular weight excluding hydrogens is 306 g/mol. The minimum atomic E-state index is -0.344. The number of ether oxygens (including phenoxy) is 1. The lowest BCUT2D eigenvalue weighted by Crippen LogP contribution is -2.37. The van der Waals surface area contributed by atoms with Crippen molar-refractivity contribution < 1.29 is 14.3 Å². The summed E-state index contributed by atoms with van der Waals surface area (Å²) in [5.41, 5.74) is 1.54. The molecule has 2 amide bonds. The van der Waals surface area contributed by atoms with Crippen molar-refractivity contribution in [3.8, 4) is 5.88 Å². The summed E-state index contributed by atoms with van der Waals surface area (Å²) < 4.78 is 5.21. The van der Waals surface area contributed by atoms with Crippen molar-refractivity contribution in [3.05, 3.63) is 59.8 Å². The Kier molecular flexibility index (Phi) is 6.76. The number of aromatic nitrogens is 1. The summed E-state index contributed by atoms with van der Waals surface area (Å²) in [5, 5.41) is 5.34. The van der Waals surface area contributed by atoms with Crippen LogP contribution in [0.5, 0.6) is 5.88 Å². The number of nitrogens with one attached hydrogen (secondary N) is 2. The second-order valence-electron chi connectivity index (χ2n) is 5.09. The minimum Gasteiger partial charge on any atom is -0.478 e. The zero-order chi connectivity index (χ0) is 17.2. The maximum absolute atomic E-state index is 11.9. The molecule has 2 rings (SSSR count). The Balaban J connectivity index is 1.69. The molecule has 2 aromatic rings. The lowest BCUT2D eigenvalue weighted by atomic mass is 10.1. The van der Waals surface area contributed by atoms with Gasteiger partial charge in [0.25, 0.3) is 5.91 Å². The smallest absolute Gasteiger partial charge is 0.253 e. The Labute approximate surface area is 141 Å². The maximum Gasteiger partial charge on any atom is 0.253 e. The second-order valence-corrected chi connectivity index (χ2v) is 5.09. The van der Waals surface area contributed by atoms with Crippen LogP contribution in [0.15, 0.2) is 48.7 Å². The van der Waals surface area contributed by atoms with Crippen LogP contribution in [0.3, 0.4) is 0 Å². The first-order valence-electron chi connectivity index (χ1n) is 7.86. The molecule has 0 bridgehead atoms. The number of pyridine rings is 1. The summed E-state index contributed by atoms with van der Waals surface area (Å²) in [5.74, 6) is -0.102. The Bertz CT molecular complexity index is 657. The van der Waals surface area contributed by atoms with E-state index < -0.39 is 0 Å². The van der Waals surface area contributed by atoms with Crippen LogP contribution in [0.4, 0.5) is 0 Å². The van der Waals surface area contributed by atoms with E-state index in [0.717, 1.165) is 12.0 Å². The summed E-state index contributed by atoms with van der Waals surface area (Å²) in [6.45, 7) is 2.84. The third kappa shape index (κ3) is 5.72. The Hall–Kier alpha value is -2.89. The number of nitrogens with zero attached hydrogens (tertiary/aromatic N) is 1. The van der Waals surface area contributed by atoms with Crippen molar-refractivity contribution >= 4 is 11.8 Å². The topological polar surface area (TPSA) is 80.3 Å². The average molecular weight is 327 g/mol. The molecule has 0 atom stereocenters. The van der Waals surface area contributed by atoms with Crippen LogP contribution in [0.1, 0.15) is 22.8 Å². The summed E-state index contributed by atoms with van der Waals surface area (Å²) in [6, 6.07) is 13.1. The SMILES string of the molecule is CCOc1ccc(C(=O)NCC(=O)NCCc2ccccc2)cn1. The predicted molar refractivity (Wildman–Crippen MR) is 90.9 cm³/mol. The predicted octanol–water partition coefficient (Wildman–Crippen LogP) is 1.57. The maximum atomic E-state index is 11.9. The first-order chi connectivity index (χ1) is 11.7. The molecule has 1 heterocycles. The standard InChI is InChI=1S/C18H21N3O3/c1-2-24-17-9-8-15(12-20-17)18(23)21-13-16(22)19-11-10-14-6-4-3-5-7-14/h3-9,12H,2,10-11,13H2,1H3,(H,19,22)(H,21,23). The second kappa shape index (κ2) is 9.29. The van der Waals surface area contributed by atoms with Gasteiger partial charge in [-0.25, -0.2) is 4.98 Å². The molecule has 0 saturated carbocycles. The normalized spacial score (nSPS) is 10.0. The first kappa shape index (κ1) is 17.5. The fourth-order valence-corrected chi connectivity index (χ4v) is 2.06. The molecule has 0 radical (unpaired) electrons. The lowest BCUT2D eigenvalue weighted by Gasteiger charge is -2.07. The van der Waals surface area contributed by atoms with E-state index in [1.54, 1.807) is 12.1 Å². The first-order valence-corrected chi connectivity index (χ1v) is 7.86. The molecule has 1 aromatic heterocycles. The number of benzene rings is 1. The highest BCUT2D eigenvalue weighted by Gasteiger charge is 2.08. The number of hydrogen-bond donors (Lipinski definition) is 2. The van der Waals surface area contributed by atoms with Crippen molar-refractivity contribution in [1.29, 1.82) is 0 Å². The van der Waals surface area contributed by atoms with Gasteiger partial charge in [0, 0.05) is 18.8 Å². The monoisotopic (exact) mass is 327 g/mol. The number of rotatable bonds is 8. The van der Waals surface area contributed by atoms with E-state index in [2.05, 4.69) is 15.6 Å². The highest BCUT2D eigenvalue weighted by atomic mass is 16.5. The molecule has 0 unspecified atom stereocenters. The van der Waals surface area contributed by atoms with E-state index in [4.69, 9.17) is 4.74 Å². The fourth-order valence-electron chi connectivity index (χ4n) is 2.06. The van der Waals surface area contributed by atoms with Gasteiger partial charge in [-0.15, -0.1) is 0 Å². The van der Waals surface area contributed by atoms with E-state index in [0.29, 0.717) is 24.6 Å². The molecule has 0 aliphatic carbocycles. The third-order valence-electron chi connectivity index (χ3n) is 3.28. The van der Waals surface area contributed by atoms with Gasteiger partial charge in [0.1, 0.15) is 0 Å². The molecule has 0 aliphatic rings. The van der Waals surface area contributed by atoms with Gasteiger partial charge in [0.05, 0.1) is 18.7 Å². The highest BCUT2D eigenvalue weighted by Crippen LogP contribution is 2.07. The Morgan fingerprint density at radius 2 is 1.88 bits per heavy atom. The highest BCUT2D eigenvalue weighted by molar-refractivity contribution is 5.96. The molecule has 6 nitrogen and oxygen atoms in total. The molecule has 0 saturated heterocycles. The van der Waals surface area contributed by atoms with Crippen LogP contribution >= 0.6 is 0 Å². The van der Waals surface area contributed by atoms with E-state index in [1.807, 2.05) is 37.3 Å². The fraction of sp³-hybridized carbons (Fsp3) is 0.278. The van der Waals surface area contributed by atoms with Gasteiger partial charge in [-0.3, -0.25) is 9.59 Å². The van der Waals surface area contributed by atoms with Gasteiger partial charge < -0.3 is 15.4 Å². The van der Waals surface area contributed by atoms with Gasteiger partial charge in [-0.1, -0.05) is 30.3 Å². The lowest BCUT2D eigenvalue weighted by molar-refractivity contribution is -0.120. The summed E-state index contributed by atoms with van der Waals surface area (Å²) >= 11 is 0. The van der Waals surface area contributed by atoms with Gasteiger partial charge in [-0.2, -0.15) is 0 Å². The van der Waals surface area contributed by atoms with Gasteiger partial charge in [0.2, 0.25) is 11.8 Å². The number of hydrogen-bond acceptors (Lipinski definition) is 4. The van der Waals surface area contributed by atoms with Crippen LogP contribution in [-0.2, 0) is 11.2 Å². The molecule has 2 N–H and O–H groups in total. The zero-order valence-electron chi connectivity index (χ0n) is 13.6. The van der Waals surface area contributed by atoms with Crippen molar-refractivity contribution in [1.82, 2.24) is 15.6 Å². The van der Waals surface area contributed by atoms with Crippen molar-refractivity contribution in [2.24, 2.45) is 0 Å². The Morgan fingerprint density at radius 3 is 2.54 bits per heavy atom. The van der Waals surface area contributed by atoms with Crippen LogP contribution in [0.2, 0.25) is 0 Å². The van der Waals surface area contributed by atoms with Crippen LogP contribution in [0, 0.1) is 0 Å². The van der Waals surface area contributed by atoms with Crippen molar-refractivity contribution in [2.75, 3.05) is 19.7 Å². The average Bonchev–Trinajstić information content (AvgIpc) is 2.61. The van der Waals surface area contributed by atoms with Crippen molar-refractivity contribution in [3.63, 3.8) is 0 Å². The summed E-state index contributed by atoms with van der Waals surface area (Å²) in [4.78, 5) is 27.7. The van der Waals surface area contributed by atoms with E-state index in [-0.39, 0.29) is 18.4 Å². The molecule has 0 fully saturated rings. The third-order valence-corrected chi connectivity index (χ3v) is 3.28. The molecule has 126 valence electrons. The number of carbonyl (C=O) groups is 2. The minimum absolute atomic E-state index is 0.0686. The Morgan fingerprint density at radius 1 is 1.08 bits per heavy atom. The molecule has 0 aliphatic heterocycles. The number of amides is 2. The van der Waals surface area contributed by atoms with Crippen molar-refractivity contribution in [2.45, 2.75) is 13.3 Å². The quantitative estimate of drug-likeness (QED) is 0.771. The molecule has 24 heavy (non-hydrogen) atoms. The van der Waals surface area contributed by atoms with Crippen LogP contribution < -0.4 is 15.4 Å². The molecule has 1 aromatic carbocycles. The van der Waals surface area contributed by atoms with E-state index in [1.165, 1.54) is 6.20 Å². The van der Waals surface area contributed by atoms with Gasteiger partial charge >= 0.3 is 0 Å². The number of carbonyl (C=O) groups excluding carboxylic acids is 2. The largest absolute Gasteiger partial charge is 0.478 e. The molecular formula is C18H21N3O3. The van der Waals surface area contributed by atoms with Gasteiger partial charge in [0.15, 0.2) is 0 Å². The van der Waals surface area contributed by atoms with E-state index >= 15 is 0 Å². The van der Waals surface area contributed by atoms with E-state index in [9.17, 15) is 9.59 Å².